The van der Waals surface area contributed by atoms with Gasteiger partial charge < -0.3 is 15.0 Å². The normalized spacial score (nSPS) is 24.2. The van der Waals surface area contributed by atoms with Crippen LogP contribution in [0, 0.1) is 6.92 Å². The monoisotopic (exact) mass is 460 g/mol. The van der Waals surface area contributed by atoms with E-state index in [1.165, 1.54) is 0 Å². The van der Waals surface area contributed by atoms with E-state index in [1.807, 2.05) is 23.1 Å². The summed E-state index contributed by atoms with van der Waals surface area (Å²) in [7, 11) is 0. The number of halogens is 3. The molecule has 2 saturated heterocycles. The molecule has 0 aromatic heterocycles. The van der Waals surface area contributed by atoms with E-state index >= 15 is 0 Å². The first-order chi connectivity index (χ1) is 15.8. The number of hydrogen-bond donors (Lipinski definition) is 1. The van der Waals surface area contributed by atoms with Crippen molar-refractivity contribution in [2.45, 2.75) is 63.4 Å². The second-order valence-corrected chi connectivity index (χ2v) is 9.26. The Kier molecular flexibility index (Phi) is 7.10. The van der Waals surface area contributed by atoms with Crippen LogP contribution in [0.2, 0.25) is 0 Å². The molecule has 2 aromatic rings. The molecular weight excluding hydrogens is 429 g/mol. The molecular formula is C26H31F3N2O2. The molecule has 178 valence electrons. The largest absolute Gasteiger partial charge is 0.416 e. The standard InChI is InChI=1S/C26H31F3N2O2/c1-19-13-20(15-22(14-19)26(27,28)29)17-33-18-25(21-7-3-2-4-8-21)11-10-23(16-30-25)31-12-6-5-9-24(31)32/h2-4,7-8,13-15,23,30H,5-6,9-12,16-18H2,1H3/t23-,25+/m0/s1. The quantitative estimate of drug-likeness (QED) is 0.645. The van der Waals surface area contributed by atoms with Crippen LogP contribution >= 0.6 is 0 Å². The molecule has 0 aliphatic carbocycles. The molecule has 0 bridgehead atoms. The number of likely N-dealkylation sites (tertiary alicyclic amines) is 1. The van der Waals surface area contributed by atoms with Crippen molar-refractivity contribution in [2.75, 3.05) is 19.7 Å². The summed E-state index contributed by atoms with van der Waals surface area (Å²) >= 11 is 0. The van der Waals surface area contributed by atoms with Gasteiger partial charge in [-0.2, -0.15) is 13.2 Å². The fourth-order valence-corrected chi connectivity index (χ4v) is 5.06. The van der Waals surface area contributed by atoms with Crippen molar-refractivity contribution in [1.29, 1.82) is 0 Å². The Morgan fingerprint density at radius 2 is 1.94 bits per heavy atom. The number of alkyl halides is 3. The lowest BCUT2D eigenvalue weighted by Gasteiger charge is -2.45. The van der Waals surface area contributed by atoms with E-state index in [2.05, 4.69) is 17.4 Å². The molecule has 0 saturated carbocycles. The number of nitrogens with zero attached hydrogens (tertiary/aromatic N) is 1. The smallest absolute Gasteiger partial charge is 0.374 e. The highest BCUT2D eigenvalue weighted by Gasteiger charge is 2.39. The summed E-state index contributed by atoms with van der Waals surface area (Å²) in [5.74, 6) is 0.233. The van der Waals surface area contributed by atoms with Crippen LogP contribution in [-0.2, 0) is 27.9 Å². The summed E-state index contributed by atoms with van der Waals surface area (Å²) in [6.45, 7) is 3.60. The third-order valence-corrected chi connectivity index (χ3v) is 6.79. The lowest BCUT2D eigenvalue weighted by Crippen LogP contribution is -2.58. The van der Waals surface area contributed by atoms with Crippen LogP contribution < -0.4 is 5.32 Å². The fraction of sp³-hybridized carbons (Fsp3) is 0.500. The number of hydrogen-bond acceptors (Lipinski definition) is 3. The molecule has 2 aliphatic heterocycles. The minimum Gasteiger partial charge on any atom is -0.374 e. The van der Waals surface area contributed by atoms with Gasteiger partial charge in [-0.25, -0.2) is 0 Å². The Hall–Kier alpha value is -2.38. The molecule has 4 nitrogen and oxygen atoms in total. The van der Waals surface area contributed by atoms with Crippen molar-refractivity contribution in [1.82, 2.24) is 10.2 Å². The first-order valence-corrected chi connectivity index (χ1v) is 11.6. The van der Waals surface area contributed by atoms with Gasteiger partial charge in [-0.1, -0.05) is 42.0 Å². The highest BCUT2D eigenvalue weighted by molar-refractivity contribution is 5.77. The van der Waals surface area contributed by atoms with Crippen LogP contribution in [0.5, 0.6) is 0 Å². The number of carbonyl (C=O) groups excluding carboxylic acids is 1. The van der Waals surface area contributed by atoms with Crippen molar-refractivity contribution < 1.29 is 22.7 Å². The number of piperidine rings is 2. The summed E-state index contributed by atoms with van der Waals surface area (Å²) < 4.78 is 45.6. The average molecular weight is 461 g/mol. The minimum absolute atomic E-state index is 0.106. The van der Waals surface area contributed by atoms with Gasteiger partial charge in [-0.3, -0.25) is 4.79 Å². The highest BCUT2D eigenvalue weighted by Crippen LogP contribution is 2.34. The summed E-state index contributed by atoms with van der Waals surface area (Å²) in [5.41, 5.74) is 1.08. The van der Waals surface area contributed by atoms with Crippen LogP contribution in [0.25, 0.3) is 0 Å². The zero-order valence-electron chi connectivity index (χ0n) is 19.0. The van der Waals surface area contributed by atoms with Gasteiger partial charge in [0, 0.05) is 25.6 Å². The molecule has 2 heterocycles. The van der Waals surface area contributed by atoms with Gasteiger partial charge in [0.25, 0.3) is 0 Å². The minimum atomic E-state index is -4.38. The topological polar surface area (TPSA) is 41.6 Å². The molecule has 1 N–H and O–H groups in total. The lowest BCUT2D eigenvalue weighted by atomic mass is 9.81. The SMILES string of the molecule is Cc1cc(COC[C@@]2(c3ccccc3)CC[C@H](N3CCCCC3=O)CN2)cc(C(F)(F)F)c1. The molecule has 33 heavy (non-hydrogen) atoms. The third kappa shape index (κ3) is 5.58. The Morgan fingerprint density at radius 3 is 2.61 bits per heavy atom. The van der Waals surface area contributed by atoms with E-state index in [0.29, 0.717) is 30.7 Å². The van der Waals surface area contributed by atoms with Crippen LogP contribution in [0.15, 0.2) is 48.5 Å². The van der Waals surface area contributed by atoms with Gasteiger partial charge >= 0.3 is 6.18 Å². The van der Waals surface area contributed by atoms with Crippen LogP contribution in [-0.4, -0.2) is 36.5 Å². The summed E-state index contributed by atoms with van der Waals surface area (Å²) in [6, 6.07) is 14.2. The second kappa shape index (κ2) is 9.85. The molecule has 7 heteroatoms. The van der Waals surface area contributed by atoms with Crippen molar-refractivity contribution >= 4 is 5.91 Å². The van der Waals surface area contributed by atoms with E-state index < -0.39 is 17.3 Å². The number of carbonyl (C=O) groups is 1. The van der Waals surface area contributed by atoms with Crippen molar-refractivity contribution in [3.05, 3.63) is 70.8 Å². The Bertz CT molecular complexity index is 954. The van der Waals surface area contributed by atoms with E-state index in [1.54, 1.807) is 13.0 Å². The lowest BCUT2D eigenvalue weighted by molar-refractivity contribution is -0.138. The number of aryl methyl sites for hydroxylation is 1. The van der Waals surface area contributed by atoms with Crippen LogP contribution in [0.3, 0.4) is 0 Å². The van der Waals surface area contributed by atoms with E-state index in [9.17, 15) is 18.0 Å². The van der Waals surface area contributed by atoms with Gasteiger partial charge in [0.15, 0.2) is 0 Å². The molecule has 0 radical (unpaired) electrons. The van der Waals surface area contributed by atoms with Crippen LogP contribution in [0.1, 0.15) is 54.4 Å². The number of amides is 1. The van der Waals surface area contributed by atoms with Crippen molar-refractivity contribution in [3.63, 3.8) is 0 Å². The Morgan fingerprint density at radius 1 is 1.15 bits per heavy atom. The van der Waals surface area contributed by atoms with Gasteiger partial charge in [-0.15, -0.1) is 0 Å². The zero-order valence-corrected chi connectivity index (χ0v) is 19.0. The van der Waals surface area contributed by atoms with E-state index in [-0.39, 0.29) is 18.6 Å². The number of nitrogens with one attached hydrogen (secondary N) is 1. The molecule has 2 fully saturated rings. The van der Waals surface area contributed by atoms with E-state index in [0.717, 1.165) is 49.9 Å². The predicted molar refractivity (Wildman–Crippen MR) is 121 cm³/mol. The molecule has 2 aliphatic rings. The summed E-state index contributed by atoms with van der Waals surface area (Å²) in [6.07, 6.45) is -0.0949. The summed E-state index contributed by atoms with van der Waals surface area (Å²) in [4.78, 5) is 14.4. The molecule has 2 atom stereocenters. The van der Waals surface area contributed by atoms with E-state index in [4.69, 9.17) is 4.74 Å². The first kappa shape index (κ1) is 23.8. The highest BCUT2D eigenvalue weighted by atomic mass is 19.4. The van der Waals surface area contributed by atoms with Gasteiger partial charge in [0.1, 0.15) is 0 Å². The maximum absolute atomic E-state index is 13.2. The van der Waals surface area contributed by atoms with Crippen molar-refractivity contribution in [2.24, 2.45) is 0 Å². The number of benzene rings is 2. The second-order valence-electron chi connectivity index (χ2n) is 9.26. The number of rotatable bonds is 6. The number of ether oxygens (including phenoxy) is 1. The maximum Gasteiger partial charge on any atom is 0.416 e. The Labute approximate surface area is 193 Å². The molecule has 0 unspecified atom stereocenters. The molecule has 2 aromatic carbocycles. The Balaban J connectivity index is 1.46. The van der Waals surface area contributed by atoms with Crippen LogP contribution in [0.4, 0.5) is 13.2 Å². The molecule has 0 spiro atoms. The zero-order chi connectivity index (χ0) is 23.5. The van der Waals surface area contributed by atoms with Crippen molar-refractivity contribution in [3.8, 4) is 0 Å². The average Bonchev–Trinajstić information content (AvgIpc) is 2.80. The van der Waals surface area contributed by atoms with Gasteiger partial charge in [0.05, 0.1) is 24.3 Å². The summed E-state index contributed by atoms with van der Waals surface area (Å²) in [5, 5.41) is 3.65. The molecule has 1 amide bonds. The predicted octanol–water partition coefficient (Wildman–Crippen LogP) is 5.19. The van der Waals surface area contributed by atoms with Gasteiger partial charge in [-0.05, 0) is 55.9 Å². The third-order valence-electron chi connectivity index (χ3n) is 6.79. The van der Waals surface area contributed by atoms with Gasteiger partial charge in [0.2, 0.25) is 5.91 Å². The molecule has 4 rings (SSSR count). The maximum atomic E-state index is 13.2. The first-order valence-electron chi connectivity index (χ1n) is 11.6. The fourth-order valence-electron chi connectivity index (χ4n) is 5.06.